The molecule has 1 aromatic carbocycles. The van der Waals surface area contributed by atoms with Gasteiger partial charge in [0, 0.05) is 5.56 Å². The largest absolute Gasteiger partial charge is 0.508 e. The number of amidine groups is 1. The Bertz CT molecular complexity index is 450. The number of aromatic hydroxyl groups is 1. The lowest BCUT2D eigenvalue weighted by molar-refractivity contribution is -0.122. The van der Waals surface area contributed by atoms with E-state index in [1.807, 2.05) is 0 Å². The van der Waals surface area contributed by atoms with Crippen LogP contribution in [-0.2, 0) is 4.79 Å². The van der Waals surface area contributed by atoms with E-state index in [1.54, 1.807) is 38.1 Å². The summed E-state index contributed by atoms with van der Waals surface area (Å²) in [5.74, 6) is 0.552. The number of benzene rings is 1. The molecule has 0 atom stereocenters. The molecule has 1 aromatic rings. The van der Waals surface area contributed by atoms with E-state index in [2.05, 4.69) is 10.3 Å². The number of carbonyl (C=O) groups is 1. The topological polar surface area (TPSA) is 61.7 Å². The molecular formula is C11H12N2O2. The van der Waals surface area contributed by atoms with Gasteiger partial charge >= 0.3 is 0 Å². The normalized spacial score (nSPS) is 18.5. The van der Waals surface area contributed by atoms with Crippen LogP contribution in [0.2, 0.25) is 0 Å². The molecule has 0 saturated carbocycles. The lowest BCUT2D eigenvalue weighted by atomic mass is 10.1. The minimum Gasteiger partial charge on any atom is -0.508 e. The SMILES string of the molecule is CC1(C)N=C(c2cccc(O)c2)NC1=O. The summed E-state index contributed by atoms with van der Waals surface area (Å²) in [7, 11) is 0. The van der Waals surface area contributed by atoms with Gasteiger partial charge in [0.1, 0.15) is 17.1 Å². The van der Waals surface area contributed by atoms with Gasteiger partial charge in [-0.1, -0.05) is 12.1 Å². The first-order valence-electron chi connectivity index (χ1n) is 4.70. The minimum absolute atomic E-state index is 0.124. The van der Waals surface area contributed by atoms with Crippen molar-refractivity contribution in [1.29, 1.82) is 0 Å². The van der Waals surface area contributed by atoms with Crippen LogP contribution in [0, 0.1) is 0 Å². The third-order valence-corrected chi connectivity index (χ3v) is 2.30. The van der Waals surface area contributed by atoms with Crippen molar-refractivity contribution in [1.82, 2.24) is 5.32 Å². The summed E-state index contributed by atoms with van der Waals surface area (Å²) in [6, 6.07) is 6.65. The predicted molar refractivity (Wildman–Crippen MR) is 56.9 cm³/mol. The maximum Gasteiger partial charge on any atom is 0.252 e. The number of carbonyl (C=O) groups excluding carboxylic acids is 1. The molecule has 0 aromatic heterocycles. The minimum atomic E-state index is -0.721. The van der Waals surface area contributed by atoms with Gasteiger partial charge in [0.2, 0.25) is 0 Å². The summed E-state index contributed by atoms with van der Waals surface area (Å²) in [6.07, 6.45) is 0. The summed E-state index contributed by atoms with van der Waals surface area (Å²) < 4.78 is 0. The van der Waals surface area contributed by atoms with Crippen LogP contribution in [0.1, 0.15) is 19.4 Å². The van der Waals surface area contributed by atoms with Crippen molar-refractivity contribution in [2.45, 2.75) is 19.4 Å². The molecule has 2 rings (SSSR count). The summed E-state index contributed by atoms with van der Waals surface area (Å²) in [4.78, 5) is 15.7. The van der Waals surface area contributed by atoms with Crippen molar-refractivity contribution in [3.63, 3.8) is 0 Å². The maximum absolute atomic E-state index is 11.5. The molecule has 0 spiro atoms. The van der Waals surface area contributed by atoms with Crippen molar-refractivity contribution in [3.05, 3.63) is 29.8 Å². The standard InChI is InChI=1S/C11H12N2O2/c1-11(2)10(15)12-9(13-11)7-4-3-5-8(14)6-7/h3-6,14H,1-2H3,(H,12,13,15). The Morgan fingerprint density at radius 3 is 2.67 bits per heavy atom. The number of amides is 1. The molecular weight excluding hydrogens is 192 g/mol. The number of nitrogens with one attached hydrogen (secondary N) is 1. The lowest BCUT2D eigenvalue weighted by Gasteiger charge is -2.07. The van der Waals surface area contributed by atoms with Crippen molar-refractivity contribution < 1.29 is 9.90 Å². The molecule has 2 N–H and O–H groups in total. The lowest BCUT2D eigenvalue weighted by Crippen LogP contribution is -2.34. The fraction of sp³-hybridized carbons (Fsp3) is 0.273. The molecule has 78 valence electrons. The molecule has 0 aliphatic carbocycles. The van der Waals surface area contributed by atoms with E-state index in [0.29, 0.717) is 11.4 Å². The van der Waals surface area contributed by atoms with Gasteiger partial charge in [-0.3, -0.25) is 9.79 Å². The molecule has 1 aliphatic heterocycles. The average Bonchev–Trinajstić information content (AvgIpc) is 2.42. The number of hydrogen-bond donors (Lipinski definition) is 2. The second kappa shape index (κ2) is 3.08. The van der Waals surface area contributed by atoms with Crippen LogP contribution in [0.3, 0.4) is 0 Å². The third kappa shape index (κ3) is 1.70. The molecule has 1 heterocycles. The smallest absolute Gasteiger partial charge is 0.252 e. The van der Waals surface area contributed by atoms with E-state index >= 15 is 0 Å². The van der Waals surface area contributed by atoms with E-state index in [9.17, 15) is 9.90 Å². The van der Waals surface area contributed by atoms with Gasteiger partial charge in [0.15, 0.2) is 0 Å². The van der Waals surface area contributed by atoms with Crippen molar-refractivity contribution in [3.8, 4) is 5.75 Å². The van der Waals surface area contributed by atoms with Crippen LogP contribution >= 0.6 is 0 Å². The zero-order valence-corrected chi connectivity index (χ0v) is 8.61. The highest BCUT2D eigenvalue weighted by atomic mass is 16.3. The van der Waals surface area contributed by atoms with E-state index in [4.69, 9.17) is 0 Å². The van der Waals surface area contributed by atoms with Gasteiger partial charge < -0.3 is 10.4 Å². The summed E-state index contributed by atoms with van der Waals surface area (Å²) in [5.41, 5.74) is -0.00484. The molecule has 0 fully saturated rings. The van der Waals surface area contributed by atoms with Gasteiger partial charge in [0.05, 0.1) is 0 Å². The van der Waals surface area contributed by atoms with Crippen LogP contribution in [0.4, 0.5) is 0 Å². The number of rotatable bonds is 1. The number of phenols is 1. The molecule has 0 unspecified atom stereocenters. The number of hydrogen-bond acceptors (Lipinski definition) is 3. The highest BCUT2D eigenvalue weighted by Crippen LogP contribution is 2.19. The van der Waals surface area contributed by atoms with Gasteiger partial charge in [-0.25, -0.2) is 0 Å². The molecule has 1 amide bonds. The molecule has 0 saturated heterocycles. The molecule has 1 aliphatic rings. The number of phenolic OH excluding ortho intramolecular Hbond substituents is 1. The fourth-order valence-corrected chi connectivity index (χ4v) is 1.41. The van der Waals surface area contributed by atoms with Gasteiger partial charge in [0.25, 0.3) is 5.91 Å². The third-order valence-electron chi connectivity index (χ3n) is 2.30. The Hall–Kier alpha value is -1.84. The zero-order valence-electron chi connectivity index (χ0n) is 8.61. The Morgan fingerprint density at radius 2 is 2.13 bits per heavy atom. The second-order valence-electron chi connectivity index (χ2n) is 4.02. The summed E-state index contributed by atoms with van der Waals surface area (Å²) >= 11 is 0. The first kappa shape index (κ1) is 9.71. The first-order chi connectivity index (χ1) is 6.99. The van der Waals surface area contributed by atoms with Crippen LogP contribution in [0.15, 0.2) is 29.3 Å². The average molecular weight is 204 g/mol. The Labute approximate surface area is 87.7 Å². The maximum atomic E-state index is 11.5. The highest BCUT2D eigenvalue weighted by molar-refractivity contribution is 6.15. The summed E-state index contributed by atoms with van der Waals surface area (Å²) in [6.45, 7) is 3.50. The summed E-state index contributed by atoms with van der Waals surface area (Å²) in [5, 5.41) is 12.0. The van der Waals surface area contributed by atoms with Crippen LogP contribution in [0.5, 0.6) is 5.75 Å². The van der Waals surface area contributed by atoms with Gasteiger partial charge in [-0.15, -0.1) is 0 Å². The second-order valence-corrected chi connectivity index (χ2v) is 4.02. The Balaban J connectivity index is 2.39. The number of nitrogens with zero attached hydrogens (tertiary/aromatic N) is 1. The molecule has 15 heavy (non-hydrogen) atoms. The zero-order chi connectivity index (χ0) is 11.1. The van der Waals surface area contributed by atoms with Crippen LogP contribution < -0.4 is 5.32 Å². The molecule has 4 heteroatoms. The monoisotopic (exact) mass is 204 g/mol. The first-order valence-corrected chi connectivity index (χ1v) is 4.70. The van der Waals surface area contributed by atoms with E-state index < -0.39 is 5.54 Å². The van der Waals surface area contributed by atoms with E-state index in [-0.39, 0.29) is 11.7 Å². The number of aliphatic imine (C=N–C) groups is 1. The van der Waals surface area contributed by atoms with Crippen molar-refractivity contribution in [2.75, 3.05) is 0 Å². The van der Waals surface area contributed by atoms with Crippen LogP contribution in [-0.4, -0.2) is 22.4 Å². The van der Waals surface area contributed by atoms with Crippen molar-refractivity contribution >= 4 is 11.7 Å². The molecule has 0 bridgehead atoms. The van der Waals surface area contributed by atoms with Gasteiger partial charge in [-0.2, -0.15) is 0 Å². The van der Waals surface area contributed by atoms with Crippen LogP contribution in [0.25, 0.3) is 0 Å². The van der Waals surface area contributed by atoms with Crippen molar-refractivity contribution in [2.24, 2.45) is 4.99 Å². The van der Waals surface area contributed by atoms with E-state index in [0.717, 1.165) is 0 Å². The fourth-order valence-electron chi connectivity index (χ4n) is 1.41. The van der Waals surface area contributed by atoms with Gasteiger partial charge in [-0.05, 0) is 26.0 Å². The highest BCUT2D eigenvalue weighted by Gasteiger charge is 2.34. The quantitative estimate of drug-likeness (QED) is 0.718. The molecule has 0 radical (unpaired) electrons. The Kier molecular flexibility index (Phi) is 2.00. The Morgan fingerprint density at radius 1 is 1.40 bits per heavy atom. The van der Waals surface area contributed by atoms with E-state index in [1.165, 1.54) is 0 Å². The molecule has 4 nitrogen and oxygen atoms in total. The predicted octanol–water partition coefficient (Wildman–Crippen LogP) is 1.05.